The average Bonchev–Trinajstić information content (AvgIpc) is 2.86. The number of aromatic nitrogens is 3. The molecular formula is C11H13BrN4O2. The lowest BCUT2D eigenvalue weighted by Crippen LogP contribution is -2.04. The van der Waals surface area contributed by atoms with Crippen LogP contribution < -0.4 is 10.1 Å². The molecule has 0 atom stereocenters. The Morgan fingerprint density at radius 3 is 2.89 bits per heavy atom. The van der Waals surface area contributed by atoms with Crippen LogP contribution in [0.2, 0.25) is 0 Å². The van der Waals surface area contributed by atoms with E-state index in [1.54, 1.807) is 19.5 Å². The first-order valence-electron chi connectivity index (χ1n) is 5.47. The summed E-state index contributed by atoms with van der Waals surface area (Å²) >= 11 is 3.29. The van der Waals surface area contributed by atoms with Crippen molar-refractivity contribution in [1.29, 1.82) is 0 Å². The molecule has 0 amide bonds. The van der Waals surface area contributed by atoms with Gasteiger partial charge < -0.3 is 14.5 Å². The van der Waals surface area contributed by atoms with E-state index < -0.39 is 0 Å². The van der Waals surface area contributed by atoms with Crippen molar-refractivity contribution < 1.29 is 9.15 Å². The number of rotatable bonds is 5. The van der Waals surface area contributed by atoms with Gasteiger partial charge in [0.15, 0.2) is 0 Å². The van der Waals surface area contributed by atoms with E-state index in [0.717, 1.165) is 12.2 Å². The number of aryl methyl sites for hydroxylation is 1. The Labute approximate surface area is 113 Å². The van der Waals surface area contributed by atoms with Crippen molar-refractivity contribution in [3.63, 3.8) is 0 Å². The van der Waals surface area contributed by atoms with Gasteiger partial charge in [-0.3, -0.25) is 0 Å². The van der Waals surface area contributed by atoms with E-state index in [2.05, 4.69) is 36.2 Å². The summed E-state index contributed by atoms with van der Waals surface area (Å²) in [6, 6.07) is 0. The van der Waals surface area contributed by atoms with Crippen LogP contribution in [0.3, 0.4) is 0 Å². The summed E-state index contributed by atoms with van der Waals surface area (Å²) in [6.45, 7) is 2.45. The summed E-state index contributed by atoms with van der Waals surface area (Å²) < 4.78 is 11.3. The van der Waals surface area contributed by atoms with Crippen LogP contribution in [0.25, 0.3) is 0 Å². The van der Waals surface area contributed by atoms with Crippen LogP contribution in [-0.2, 0) is 13.0 Å². The molecule has 1 N–H and O–H groups in total. The van der Waals surface area contributed by atoms with Crippen LogP contribution in [-0.4, -0.2) is 22.1 Å². The largest absolute Gasteiger partial charge is 0.480 e. The van der Waals surface area contributed by atoms with Crippen molar-refractivity contribution in [3.05, 3.63) is 28.5 Å². The molecule has 0 spiro atoms. The third-order valence-corrected chi connectivity index (χ3v) is 2.80. The van der Waals surface area contributed by atoms with Gasteiger partial charge in [0.25, 0.3) is 0 Å². The molecule has 0 fully saturated rings. The van der Waals surface area contributed by atoms with Gasteiger partial charge in [-0.05, 0) is 15.9 Å². The van der Waals surface area contributed by atoms with Crippen LogP contribution in [0.5, 0.6) is 5.88 Å². The van der Waals surface area contributed by atoms with Gasteiger partial charge in [-0.2, -0.15) is 4.98 Å². The molecule has 0 saturated carbocycles. The first kappa shape index (κ1) is 12.8. The SMILES string of the molecule is CCc1cnc(CNc2ncc(Br)c(OC)n2)o1. The van der Waals surface area contributed by atoms with Gasteiger partial charge in [0.1, 0.15) is 5.76 Å². The molecule has 0 radical (unpaired) electrons. The smallest absolute Gasteiger partial charge is 0.232 e. The molecule has 0 aliphatic rings. The number of halogens is 1. The molecule has 18 heavy (non-hydrogen) atoms. The van der Waals surface area contributed by atoms with E-state index in [4.69, 9.17) is 9.15 Å². The van der Waals surface area contributed by atoms with Crippen molar-refractivity contribution in [3.8, 4) is 5.88 Å². The summed E-state index contributed by atoms with van der Waals surface area (Å²) in [5, 5.41) is 3.02. The van der Waals surface area contributed by atoms with E-state index in [1.807, 2.05) is 6.92 Å². The number of nitrogens with zero attached hydrogens (tertiary/aromatic N) is 3. The minimum absolute atomic E-state index is 0.435. The minimum atomic E-state index is 0.435. The normalized spacial score (nSPS) is 10.4. The average molecular weight is 313 g/mol. The topological polar surface area (TPSA) is 73.1 Å². The lowest BCUT2D eigenvalue weighted by molar-refractivity contribution is 0.394. The molecule has 7 heteroatoms. The van der Waals surface area contributed by atoms with Crippen molar-refractivity contribution in [1.82, 2.24) is 15.0 Å². The summed E-state index contributed by atoms with van der Waals surface area (Å²) in [5.74, 6) is 2.42. The van der Waals surface area contributed by atoms with Gasteiger partial charge in [0.05, 0.1) is 30.5 Å². The van der Waals surface area contributed by atoms with Crippen LogP contribution in [0.1, 0.15) is 18.6 Å². The second kappa shape index (κ2) is 5.81. The van der Waals surface area contributed by atoms with E-state index in [0.29, 0.717) is 28.7 Å². The molecule has 2 heterocycles. The van der Waals surface area contributed by atoms with E-state index in [9.17, 15) is 0 Å². The van der Waals surface area contributed by atoms with Crippen molar-refractivity contribution >= 4 is 21.9 Å². The fourth-order valence-electron chi connectivity index (χ4n) is 1.33. The third-order valence-electron chi connectivity index (χ3n) is 2.25. The number of methoxy groups -OCH3 is 1. The monoisotopic (exact) mass is 312 g/mol. The molecule has 2 rings (SSSR count). The number of hydrogen-bond donors (Lipinski definition) is 1. The van der Waals surface area contributed by atoms with Crippen molar-refractivity contribution in [2.45, 2.75) is 19.9 Å². The van der Waals surface area contributed by atoms with Gasteiger partial charge in [-0.15, -0.1) is 0 Å². The quantitative estimate of drug-likeness (QED) is 0.914. The Morgan fingerprint density at radius 2 is 2.22 bits per heavy atom. The van der Waals surface area contributed by atoms with Gasteiger partial charge >= 0.3 is 0 Å². The number of ether oxygens (including phenoxy) is 1. The molecule has 0 aliphatic heterocycles. The standard InChI is InChI=1S/C11H13BrN4O2/c1-3-7-4-13-9(18-7)6-15-11-14-5-8(12)10(16-11)17-2/h4-5H,3,6H2,1-2H3,(H,14,15,16). The van der Waals surface area contributed by atoms with E-state index in [-0.39, 0.29) is 0 Å². The Bertz CT molecular complexity index is 530. The second-order valence-electron chi connectivity index (χ2n) is 3.48. The zero-order valence-corrected chi connectivity index (χ0v) is 11.7. The second-order valence-corrected chi connectivity index (χ2v) is 4.33. The maximum Gasteiger partial charge on any atom is 0.232 e. The Morgan fingerprint density at radius 1 is 1.39 bits per heavy atom. The molecule has 2 aromatic rings. The van der Waals surface area contributed by atoms with Gasteiger partial charge in [-0.25, -0.2) is 9.97 Å². The predicted molar refractivity (Wildman–Crippen MR) is 69.5 cm³/mol. The van der Waals surface area contributed by atoms with Crippen LogP contribution in [0.15, 0.2) is 21.3 Å². The first-order chi connectivity index (χ1) is 8.72. The van der Waals surface area contributed by atoms with Crippen molar-refractivity contribution in [2.24, 2.45) is 0 Å². The highest BCUT2D eigenvalue weighted by Gasteiger charge is 2.06. The highest BCUT2D eigenvalue weighted by atomic mass is 79.9. The number of oxazole rings is 1. The number of anilines is 1. The Hall–Kier alpha value is -1.63. The lowest BCUT2D eigenvalue weighted by Gasteiger charge is -2.05. The maximum absolute atomic E-state index is 5.47. The zero-order valence-electron chi connectivity index (χ0n) is 10.1. The van der Waals surface area contributed by atoms with Crippen LogP contribution in [0, 0.1) is 0 Å². The summed E-state index contributed by atoms with van der Waals surface area (Å²) in [6.07, 6.45) is 4.18. The minimum Gasteiger partial charge on any atom is -0.480 e. The highest BCUT2D eigenvalue weighted by molar-refractivity contribution is 9.10. The fraction of sp³-hybridized carbons (Fsp3) is 0.364. The van der Waals surface area contributed by atoms with Crippen molar-refractivity contribution in [2.75, 3.05) is 12.4 Å². The van der Waals surface area contributed by atoms with Crippen LogP contribution >= 0.6 is 15.9 Å². The summed E-state index contributed by atoms with van der Waals surface area (Å²) in [5.41, 5.74) is 0. The highest BCUT2D eigenvalue weighted by Crippen LogP contribution is 2.21. The molecule has 96 valence electrons. The van der Waals surface area contributed by atoms with E-state index in [1.165, 1.54) is 0 Å². The zero-order chi connectivity index (χ0) is 13.0. The molecule has 0 saturated heterocycles. The van der Waals surface area contributed by atoms with Crippen LogP contribution in [0.4, 0.5) is 5.95 Å². The number of hydrogen-bond acceptors (Lipinski definition) is 6. The summed E-state index contributed by atoms with van der Waals surface area (Å²) in [4.78, 5) is 12.4. The number of nitrogens with one attached hydrogen (secondary N) is 1. The fourth-order valence-corrected chi connectivity index (χ4v) is 1.68. The molecule has 0 unspecified atom stereocenters. The van der Waals surface area contributed by atoms with Gasteiger partial charge in [0.2, 0.25) is 17.7 Å². The van der Waals surface area contributed by atoms with Gasteiger partial charge in [0, 0.05) is 6.42 Å². The molecular weight excluding hydrogens is 300 g/mol. The maximum atomic E-state index is 5.47. The predicted octanol–water partition coefficient (Wildman–Crippen LogP) is 2.41. The van der Waals surface area contributed by atoms with Gasteiger partial charge in [-0.1, -0.05) is 6.92 Å². The Kier molecular flexibility index (Phi) is 4.14. The summed E-state index contributed by atoms with van der Waals surface area (Å²) in [7, 11) is 1.55. The molecule has 2 aromatic heterocycles. The van der Waals surface area contributed by atoms with E-state index >= 15 is 0 Å². The molecule has 0 aliphatic carbocycles. The Balaban J connectivity index is 2.01. The molecule has 0 aromatic carbocycles. The lowest BCUT2D eigenvalue weighted by atomic mass is 10.4. The molecule has 0 bridgehead atoms. The first-order valence-corrected chi connectivity index (χ1v) is 6.26. The third kappa shape index (κ3) is 2.98. The molecule has 6 nitrogen and oxygen atoms in total.